The molecular weight excluding hydrogens is 190 g/mol. The lowest BCUT2D eigenvalue weighted by molar-refractivity contribution is 0.0959. The van der Waals surface area contributed by atoms with Crippen LogP contribution in [-0.2, 0) is 14.6 Å². The van der Waals surface area contributed by atoms with Gasteiger partial charge in [0.1, 0.15) is 11.5 Å². The van der Waals surface area contributed by atoms with Crippen molar-refractivity contribution in [1.29, 1.82) is 0 Å². The van der Waals surface area contributed by atoms with Crippen LogP contribution in [-0.4, -0.2) is 38.3 Å². The van der Waals surface area contributed by atoms with Crippen molar-refractivity contribution < 1.29 is 13.2 Å². The van der Waals surface area contributed by atoms with Crippen molar-refractivity contribution in [2.75, 3.05) is 12.4 Å². The predicted molar refractivity (Wildman–Crippen MR) is 49.1 cm³/mol. The van der Waals surface area contributed by atoms with Crippen LogP contribution in [0.5, 0.6) is 0 Å². The van der Waals surface area contributed by atoms with Crippen LogP contribution >= 0.6 is 0 Å². The van der Waals surface area contributed by atoms with Crippen LogP contribution in [0, 0.1) is 0 Å². The summed E-state index contributed by atoms with van der Waals surface area (Å²) in [6, 6.07) is 0.279. The van der Waals surface area contributed by atoms with Gasteiger partial charge in [0.25, 0.3) is 0 Å². The van der Waals surface area contributed by atoms with Crippen LogP contribution in [0.3, 0.4) is 0 Å². The second kappa shape index (κ2) is 3.22. The molecule has 0 radical (unpaired) electrons. The van der Waals surface area contributed by atoms with Crippen molar-refractivity contribution in [1.82, 2.24) is 5.32 Å². The van der Waals surface area contributed by atoms with Crippen LogP contribution in [0.2, 0.25) is 0 Å². The Morgan fingerprint density at radius 2 is 2.23 bits per heavy atom. The van der Waals surface area contributed by atoms with Gasteiger partial charge in [-0.2, -0.15) is 0 Å². The van der Waals surface area contributed by atoms with E-state index in [1.165, 1.54) is 0 Å². The molecule has 2 aliphatic heterocycles. The Morgan fingerprint density at radius 1 is 1.46 bits per heavy atom. The smallest absolute Gasteiger partial charge is 0.157 e. The molecular formula is C8H15NO3S. The summed E-state index contributed by atoms with van der Waals surface area (Å²) in [6.45, 7) is 2.62. The van der Waals surface area contributed by atoms with Crippen LogP contribution < -0.4 is 5.32 Å². The Bertz CT molecular complexity index is 288. The molecule has 0 saturated carbocycles. The summed E-state index contributed by atoms with van der Waals surface area (Å²) < 4.78 is 28.5. The van der Waals surface area contributed by atoms with E-state index in [1.807, 2.05) is 6.92 Å². The largest absolute Gasteiger partial charge is 0.360 e. The maximum atomic E-state index is 11.5. The van der Waals surface area contributed by atoms with Crippen molar-refractivity contribution >= 4 is 9.84 Å². The van der Waals surface area contributed by atoms with E-state index in [0.29, 0.717) is 12.4 Å². The van der Waals surface area contributed by atoms with Gasteiger partial charge in [-0.05, 0) is 19.8 Å². The zero-order valence-corrected chi connectivity index (χ0v) is 8.51. The molecule has 0 spiro atoms. The van der Waals surface area contributed by atoms with E-state index in [1.54, 1.807) is 0 Å². The van der Waals surface area contributed by atoms with Gasteiger partial charge in [0.05, 0.1) is 12.4 Å². The van der Waals surface area contributed by atoms with Gasteiger partial charge < -0.3 is 4.74 Å². The molecule has 5 heteroatoms. The average molecular weight is 205 g/mol. The van der Waals surface area contributed by atoms with Crippen molar-refractivity contribution in [2.45, 2.75) is 37.3 Å². The molecule has 2 heterocycles. The molecule has 0 aromatic carbocycles. The number of nitrogens with one attached hydrogen (secondary N) is 1. The minimum atomic E-state index is -2.88. The summed E-state index contributed by atoms with van der Waals surface area (Å²) in [5.74, 6) is 0.327. The number of hydrogen-bond donors (Lipinski definition) is 1. The highest BCUT2D eigenvalue weighted by atomic mass is 32.2. The summed E-state index contributed by atoms with van der Waals surface area (Å²) in [5.41, 5.74) is 0. The maximum absolute atomic E-state index is 11.5. The number of ether oxygens (including phenoxy) is 1. The number of sulfone groups is 1. The van der Waals surface area contributed by atoms with Gasteiger partial charge >= 0.3 is 0 Å². The van der Waals surface area contributed by atoms with Gasteiger partial charge in [-0.15, -0.1) is 0 Å². The summed E-state index contributed by atoms with van der Waals surface area (Å²) in [5, 5.41) is 2.84. The van der Waals surface area contributed by atoms with Gasteiger partial charge in [0.15, 0.2) is 9.84 Å². The number of hydrogen-bond acceptors (Lipinski definition) is 4. The molecule has 0 aromatic rings. The highest BCUT2D eigenvalue weighted by Crippen LogP contribution is 2.25. The molecule has 0 amide bonds. The quantitative estimate of drug-likeness (QED) is 0.649. The van der Waals surface area contributed by atoms with Crippen molar-refractivity contribution in [3.63, 3.8) is 0 Å². The van der Waals surface area contributed by atoms with Gasteiger partial charge in [-0.1, -0.05) is 0 Å². The molecule has 2 rings (SSSR count). The highest BCUT2D eigenvalue weighted by Gasteiger charge is 2.40. The third-order valence-corrected chi connectivity index (χ3v) is 4.95. The molecule has 1 N–H and O–H groups in total. The molecule has 2 fully saturated rings. The second-order valence-electron chi connectivity index (χ2n) is 3.87. The Kier molecular flexibility index (Phi) is 2.33. The fourth-order valence-electron chi connectivity index (χ4n) is 2.00. The first-order valence-corrected chi connectivity index (χ1v) is 6.40. The van der Waals surface area contributed by atoms with E-state index in [9.17, 15) is 8.42 Å². The Morgan fingerprint density at radius 3 is 2.69 bits per heavy atom. The Hall–Kier alpha value is -0.130. The molecule has 2 saturated heterocycles. The van der Waals surface area contributed by atoms with Crippen molar-refractivity contribution in [3.8, 4) is 0 Å². The van der Waals surface area contributed by atoms with E-state index >= 15 is 0 Å². The molecule has 2 aliphatic rings. The summed E-state index contributed by atoms with van der Waals surface area (Å²) in [4.78, 5) is 0. The SMILES string of the molecule is CC1COC(C2CCCS2(=O)=O)N1. The van der Waals surface area contributed by atoms with E-state index in [4.69, 9.17) is 4.74 Å². The highest BCUT2D eigenvalue weighted by molar-refractivity contribution is 7.92. The lowest BCUT2D eigenvalue weighted by Gasteiger charge is -2.17. The van der Waals surface area contributed by atoms with Gasteiger partial charge in [0.2, 0.25) is 0 Å². The monoisotopic (exact) mass is 205 g/mol. The molecule has 3 unspecified atom stereocenters. The third kappa shape index (κ3) is 1.73. The zero-order chi connectivity index (χ0) is 9.47. The second-order valence-corrected chi connectivity index (χ2v) is 6.21. The van der Waals surface area contributed by atoms with Crippen LogP contribution in [0.25, 0.3) is 0 Å². The Balaban J connectivity index is 2.09. The summed E-state index contributed by atoms with van der Waals surface area (Å²) in [7, 11) is -2.88. The first kappa shape index (κ1) is 9.43. The van der Waals surface area contributed by atoms with Crippen molar-refractivity contribution in [3.05, 3.63) is 0 Å². The summed E-state index contributed by atoms with van der Waals surface area (Å²) >= 11 is 0. The zero-order valence-electron chi connectivity index (χ0n) is 7.69. The normalized spacial score (nSPS) is 43.9. The molecule has 0 aliphatic carbocycles. The molecule has 76 valence electrons. The minimum absolute atomic E-state index is 0.262. The topological polar surface area (TPSA) is 55.4 Å². The third-order valence-electron chi connectivity index (χ3n) is 2.69. The van der Waals surface area contributed by atoms with E-state index in [-0.39, 0.29) is 17.5 Å². The molecule has 0 aromatic heterocycles. The van der Waals surface area contributed by atoms with E-state index in [0.717, 1.165) is 12.8 Å². The number of rotatable bonds is 1. The molecule has 0 bridgehead atoms. The van der Waals surface area contributed by atoms with Gasteiger partial charge in [-0.3, -0.25) is 5.32 Å². The van der Waals surface area contributed by atoms with Crippen molar-refractivity contribution in [2.24, 2.45) is 0 Å². The van der Waals surface area contributed by atoms with Gasteiger partial charge in [0, 0.05) is 6.04 Å². The predicted octanol–water partition coefficient (Wildman–Crippen LogP) is -0.102. The molecule has 13 heavy (non-hydrogen) atoms. The standard InChI is InChI=1S/C8H15NO3S/c1-6-5-12-8(9-6)7-3-2-4-13(7,10)11/h6-9H,2-5H2,1H3. The molecule has 4 nitrogen and oxygen atoms in total. The fraction of sp³-hybridized carbons (Fsp3) is 1.00. The minimum Gasteiger partial charge on any atom is -0.360 e. The van der Waals surface area contributed by atoms with E-state index < -0.39 is 9.84 Å². The van der Waals surface area contributed by atoms with Crippen LogP contribution in [0.4, 0.5) is 0 Å². The Labute approximate surface area is 78.6 Å². The fourth-order valence-corrected chi connectivity index (χ4v) is 3.93. The lowest BCUT2D eigenvalue weighted by atomic mass is 10.2. The maximum Gasteiger partial charge on any atom is 0.157 e. The first-order valence-electron chi connectivity index (χ1n) is 4.69. The first-order chi connectivity index (χ1) is 6.09. The average Bonchev–Trinajstić information content (AvgIpc) is 2.56. The molecule has 3 atom stereocenters. The van der Waals surface area contributed by atoms with Crippen LogP contribution in [0.15, 0.2) is 0 Å². The van der Waals surface area contributed by atoms with Gasteiger partial charge in [-0.25, -0.2) is 8.42 Å². The summed E-state index contributed by atoms with van der Waals surface area (Å²) in [6.07, 6.45) is 1.26. The van der Waals surface area contributed by atoms with Crippen LogP contribution in [0.1, 0.15) is 19.8 Å². The lowest BCUT2D eigenvalue weighted by Crippen LogP contribution is -2.40. The van der Waals surface area contributed by atoms with E-state index in [2.05, 4.69) is 5.32 Å².